The zero-order valence-electron chi connectivity index (χ0n) is 8.79. The fraction of sp³-hybridized carbons (Fsp3) is 0.0909. The molecule has 5 nitrogen and oxygen atoms in total. The molecule has 0 unspecified atom stereocenters. The lowest BCUT2D eigenvalue weighted by Crippen LogP contribution is -2.15. The maximum atomic E-state index is 11.5. The third-order valence-corrected chi connectivity index (χ3v) is 3.19. The summed E-state index contributed by atoms with van der Waals surface area (Å²) in [5, 5.41) is 9.25. The SMILES string of the molecule is N#CCS(=O)(=O)Nc1cccc2cccnc12. The first-order valence-corrected chi connectivity index (χ1v) is 6.49. The predicted octanol–water partition coefficient (Wildman–Crippen LogP) is 1.50. The molecule has 0 saturated heterocycles. The Kier molecular flexibility index (Phi) is 2.93. The molecule has 2 aromatic rings. The number of para-hydroxylation sites is 1. The number of fused-ring (bicyclic) bond motifs is 1. The van der Waals surface area contributed by atoms with E-state index in [1.54, 1.807) is 30.5 Å². The van der Waals surface area contributed by atoms with Gasteiger partial charge in [0, 0.05) is 11.6 Å². The molecule has 1 heterocycles. The van der Waals surface area contributed by atoms with Gasteiger partial charge in [0.2, 0.25) is 10.0 Å². The second-order valence-electron chi connectivity index (χ2n) is 3.40. The number of hydrogen-bond acceptors (Lipinski definition) is 4. The van der Waals surface area contributed by atoms with Crippen LogP contribution in [-0.2, 0) is 10.0 Å². The van der Waals surface area contributed by atoms with Crippen molar-refractivity contribution in [2.75, 3.05) is 10.5 Å². The van der Waals surface area contributed by atoms with Crippen molar-refractivity contribution in [3.63, 3.8) is 0 Å². The van der Waals surface area contributed by atoms with Crippen molar-refractivity contribution in [1.82, 2.24) is 4.98 Å². The first-order chi connectivity index (χ1) is 8.12. The molecule has 1 aromatic carbocycles. The average Bonchev–Trinajstić information content (AvgIpc) is 2.29. The molecule has 0 aliphatic carbocycles. The number of rotatable bonds is 3. The third kappa shape index (κ3) is 2.52. The Morgan fingerprint density at radius 3 is 2.82 bits per heavy atom. The highest BCUT2D eigenvalue weighted by Crippen LogP contribution is 2.21. The predicted molar refractivity (Wildman–Crippen MR) is 64.8 cm³/mol. The second kappa shape index (κ2) is 4.39. The number of hydrogen-bond donors (Lipinski definition) is 1. The highest BCUT2D eigenvalue weighted by atomic mass is 32.2. The maximum absolute atomic E-state index is 11.5. The molecule has 6 heteroatoms. The molecule has 86 valence electrons. The first-order valence-electron chi connectivity index (χ1n) is 4.83. The Bertz CT molecular complexity index is 684. The number of sulfonamides is 1. The third-order valence-electron chi connectivity index (χ3n) is 2.15. The zero-order chi connectivity index (χ0) is 12.3. The van der Waals surface area contributed by atoms with E-state index < -0.39 is 15.8 Å². The molecule has 0 amide bonds. The van der Waals surface area contributed by atoms with Crippen LogP contribution in [0.25, 0.3) is 10.9 Å². The van der Waals surface area contributed by atoms with Gasteiger partial charge in [-0.2, -0.15) is 5.26 Å². The lowest BCUT2D eigenvalue weighted by molar-refractivity contribution is 0.604. The number of pyridine rings is 1. The fourth-order valence-corrected chi connectivity index (χ4v) is 2.22. The Balaban J connectivity index is 2.47. The van der Waals surface area contributed by atoms with E-state index in [-0.39, 0.29) is 0 Å². The lowest BCUT2D eigenvalue weighted by atomic mass is 10.2. The largest absolute Gasteiger partial charge is 0.280 e. The van der Waals surface area contributed by atoms with Crippen LogP contribution in [0.3, 0.4) is 0 Å². The van der Waals surface area contributed by atoms with Gasteiger partial charge in [-0.05, 0) is 12.1 Å². The van der Waals surface area contributed by atoms with Crippen LogP contribution in [0.2, 0.25) is 0 Å². The number of nitrogens with one attached hydrogen (secondary N) is 1. The fourth-order valence-electron chi connectivity index (χ4n) is 1.48. The quantitative estimate of drug-likeness (QED) is 0.890. The van der Waals surface area contributed by atoms with E-state index in [0.29, 0.717) is 11.2 Å². The summed E-state index contributed by atoms with van der Waals surface area (Å²) < 4.78 is 25.3. The number of nitriles is 1. The van der Waals surface area contributed by atoms with Crippen LogP contribution in [0.15, 0.2) is 36.5 Å². The van der Waals surface area contributed by atoms with Crippen molar-refractivity contribution >= 4 is 26.6 Å². The molecule has 1 aromatic heterocycles. The molecule has 0 atom stereocenters. The molecule has 0 saturated carbocycles. The van der Waals surface area contributed by atoms with Crippen molar-refractivity contribution in [3.8, 4) is 6.07 Å². The van der Waals surface area contributed by atoms with E-state index in [2.05, 4.69) is 9.71 Å². The maximum Gasteiger partial charge on any atom is 0.246 e. The summed E-state index contributed by atoms with van der Waals surface area (Å²) in [7, 11) is -3.63. The molecular weight excluding hydrogens is 238 g/mol. The molecule has 2 rings (SSSR count). The first kappa shape index (κ1) is 11.4. The van der Waals surface area contributed by atoms with E-state index in [1.807, 2.05) is 12.1 Å². The van der Waals surface area contributed by atoms with Gasteiger partial charge in [-0.15, -0.1) is 0 Å². The van der Waals surface area contributed by atoms with Gasteiger partial charge in [-0.1, -0.05) is 18.2 Å². The minimum absolute atomic E-state index is 0.387. The van der Waals surface area contributed by atoms with E-state index in [0.717, 1.165) is 5.39 Å². The van der Waals surface area contributed by atoms with E-state index in [4.69, 9.17) is 5.26 Å². The van der Waals surface area contributed by atoms with Crippen LogP contribution in [0.1, 0.15) is 0 Å². The van der Waals surface area contributed by atoms with Crippen LogP contribution in [0.5, 0.6) is 0 Å². The summed E-state index contributed by atoms with van der Waals surface area (Å²) in [4.78, 5) is 4.12. The smallest absolute Gasteiger partial charge is 0.246 e. The minimum atomic E-state index is -3.63. The van der Waals surface area contributed by atoms with E-state index >= 15 is 0 Å². The van der Waals surface area contributed by atoms with Crippen LogP contribution in [0.4, 0.5) is 5.69 Å². The van der Waals surface area contributed by atoms with Crippen LogP contribution >= 0.6 is 0 Å². The summed E-state index contributed by atoms with van der Waals surface area (Å²) in [6.07, 6.45) is 1.59. The molecule has 0 aliphatic rings. The second-order valence-corrected chi connectivity index (χ2v) is 5.12. The summed E-state index contributed by atoms with van der Waals surface area (Å²) in [5.41, 5.74) is 0.954. The normalized spacial score (nSPS) is 11.0. The monoisotopic (exact) mass is 247 g/mol. The number of benzene rings is 1. The number of nitrogens with zero attached hydrogens (tertiary/aromatic N) is 2. The van der Waals surface area contributed by atoms with Crippen LogP contribution < -0.4 is 4.72 Å². The zero-order valence-corrected chi connectivity index (χ0v) is 9.61. The minimum Gasteiger partial charge on any atom is -0.280 e. The summed E-state index contributed by atoms with van der Waals surface area (Å²) >= 11 is 0. The molecule has 0 aliphatic heterocycles. The van der Waals surface area contributed by atoms with Crippen molar-refractivity contribution in [1.29, 1.82) is 5.26 Å². The Morgan fingerprint density at radius 2 is 2.06 bits per heavy atom. The number of aromatic nitrogens is 1. The standard InChI is InChI=1S/C11H9N3O2S/c12-6-8-17(15,16)14-10-5-1-3-9-4-2-7-13-11(9)10/h1-5,7,14H,8H2. The molecule has 0 radical (unpaired) electrons. The molecule has 1 N–H and O–H groups in total. The van der Waals surface area contributed by atoms with Gasteiger partial charge in [0.05, 0.1) is 17.3 Å². The Hall–Kier alpha value is -2.13. The van der Waals surface area contributed by atoms with Gasteiger partial charge in [-0.3, -0.25) is 9.71 Å². The topological polar surface area (TPSA) is 82.8 Å². The van der Waals surface area contributed by atoms with Gasteiger partial charge in [-0.25, -0.2) is 8.42 Å². The Labute approximate surface area is 98.8 Å². The van der Waals surface area contributed by atoms with Crippen molar-refractivity contribution < 1.29 is 8.42 Å². The van der Waals surface area contributed by atoms with Gasteiger partial charge in [0.25, 0.3) is 0 Å². The van der Waals surface area contributed by atoms with Gasteiger partial charge < -0.3 is 0 Å². The highest BCUT2D eigenvalue weighted by Gasteiger charge is 2.11. The molecule has 0 bridgehead atoms. The van der Waals surface area contributed by atoms with Gasteiger partial charge >= 0.3 is 0 Å². The number of anilines is 1. The van der Waals surface area contributed by atoms with Crippen molar-refractivity contribution in [2.24, 2.45) is 0 Å². The van der Waals surface area contributed by atoms with Crippen molar-refractivity contribution in [2.45, 2.75) is 0 Å². The van der Waals surface area contributed by atoms with Crippen LogP contribution in [-0.4, -0.2) is 19.2 Å². The average molecular weight is 247 g/mol. The van der Waals surface area contributed by atoms with Crippen molar-refractivity contribution in [3.05, 3.63) is 36.5 Å². The summed E-state index contributed by atoms with van der Waals surface area (Å²) in [5.74, 6) is -0.573. The Morgan fingerprint density at radius 1 is 1.29 bits per heavy atom. The van der Waals surface area contributed by atoms with Crippen LogP contribution in [0, 0.1) is 11.3 Å². The summed E-state index contributed by atoms with van der Waals surface area (Å²) in [6, 6.07) is 10.4. The van der Waals surface area contributed by atoms with E-state index in [9.17, 15) is 8.42 Å². The molecule has 0 fully saturated rings. The lowest BCUT2D eigenvalue weighted by Gasteiger charge is -2.07. The highest BCUT2D eigenvalue weighted by molar-refractivity contribution is 7.92. The molecule has 17 heavy (non-hydrogen) atoms. The van der Waals surface area contributed by atoms with Gasteiger partial charge in [0.15, 0.2) is 5.75 Å². The molecule has 0 spiro atoms. The molecular formula is C11H9N3O2S. The van der Waals surface area contributed by atoms with Gasteiger partial charge in [0.1, 0.15) is 0 Å². The summed E-state index contributed by atoms with van der Waals surface area (Å²) in [6.45, 7) is 0. The van der Waals surface area contributed by atoms with E-state index in [1.165, 1.54) is 0 Å².